The van der Waals surface area contributed by atoms with Crippen LogP contribution in [-0.4, -0.2) is 23.6 Å². The Bertz CT molecular complexity index is 454. The molecule has 0 aliphatic heterocycles. The molecule has 3 N–H and O–H groups in total. The number of hydrogen-bond acceptors (Lipinski definition) is 2. The molecule has 1 aromatic rings. The van der Waals surface area contributed by atoms with Crippen molar-refractivity contribution in [2.24, 2.45) is 0 Å². The van der Waals surface area contributed by atoms with E-state index >= 15 is 0 Å². The molecule has 0 saturated heterocycles. The summed E-state index contributed by atoms with van der Waals surface area (Å²) in [7, 11) is 0. The quantitative estimate of drug-likeness (QED) is 0.739. The number of likely N-dealkylation sites (N-methyl/N-ethyl adjacent to an activating group) is 1. The second-order valence-electron chi connectivity index (χ2n) is 4.59. The molecule has 1 rings (SSSR count). The van der Waals surface area contributed by atoms with Crippen LogP contribution in [0.4, 0.5) is 5.69 Å². The van der Waals surface area contributed by atoms with Gasteiger partial charge in [-0.1, -0.05) is 6.07 Å². The summed E-state index contributed by atoms with van der Waals surface area (Å²) in [5, 5.41) is 9.24. The van der Waals surface area contributed by atoms with Gasteiger partial charge in [0.1, 0.15) is 6.04 Å². The van der Waals surface area contributed by atoms with Gasteiger partial charge in [-0.15, -0.1) is 0 Å². The molecule has 0 spiro atoms. The van der Waals surface area contributed by atoms with E-state index in [9.17, 15) is 4.79 Å². The fraction of sp³-hybridized carbons (Fsp3) is 0.429. The molecule has 0 unspecified atom stereocenters. The maximum absolute atomic E-state index is 11.6. The Labute approximate surface area is 120 Å². The molecule has 4 nitrogen and oxygen atoms in total. The molecule has 0 radical (unpaired) electrons. The second-order valence-corrected chi connectivity index (χ2v) is 5.00. The highest BCUT2D eigenvalue weighted by molar-refractivity contribution is 7.80. The Morgan fingerprint density at radius 1 is 1.26 bits per heavy atom. The number of carbonyl (C=O) groups excluding carboxylic acids is 1. The van der Waals surface area contributed by atoms with E-state index in [2.05, 4.69) is 22.0 Å². The molecule has 1 amide bonds. The largest absolute Gasteiger partial charge is 0.355 e. The van der Waals surface area contributed by atoms with Gasteiger partial charge in [-0.3, -0.25) is 4.79 Å². The number of hydrogen-bond donors (Lipinski definition) is 3. The van der Waals surface area contributed by atoms with Gasteiger partial charge in [-0.05, 0) is 63.2 Å². The summed E-state index contributed by atoms with van der Waals surface area (Å²) in [4.78, 5) is 11.6. The zero-order chi connectivity index (χ0) is 14.4. The lowest BCUT2D eigenvalue weighted by molar-refractivity contribution is -0.122. The van der Waals surface area contributed by atoms with Crippen molar-refractivity contribution in [1.29, 1.82) is 0 Å². The topological polar surface area (TPSA) is 53.2 Å². The molecular weight excluding hydrogens is 258 g/mol. The molecule has 0 aromatic heterocycles. The number of rotatable bonds is 4. The van der Waals surface area contributed by atoms with E-state index < -0.39 is 0 Å². The summed E-state index contributed by atoms with van der Waals surface area (Å²) in [5.41, 5.74) is 3.27. The molecule has 104 valence electrons. The van der Waals surface area contributed by atoms with Crippen molar-refractivity contribution in [3.63, 3.8) is 0 Å². The lowest BCUT2D eigenvalue weighted by Crippen LogP contribution is -2.46. The van der Waals surface area contributed by atoms with Crippen LogP contribution in [0.1, 0.15) is 25.0 Å². The number of aryl methyl sites for hydroxylation is 2. The Balaban J connectivity index is 2.57. The highest BCUT2D eigenvalue weighted by Crippen LogP contribution is 2.13. The SMILES string of the molecule is CCNC(=O)[C@@H](C)NC(=S)Nc1cc(C)cc(C)c1. The normalized spacial score (nSPS) is 11.6. The van der Waals surface area contributed by atoms with Gasteiger partial charge in [0.25, 0.3) is 0 Å². The number of nitrogens with one attached hydrogen (secondary N) is 3. The minimum atomic E-state index is -0.356. The Morgan fingerprint density at radius 2 is 1.84 bits per heavy atom. The maximum atomic E-state index is 11.6. The van der Waals surface area contributed by atoms with E-state index in [1.165, 1.54) is 11.1 Å². The standard InChI is InChI=1S/C14H21N3OS/c1-5-15-13(18)11(4)16-14(19)17-12-7-9(2)6-10(3)8-12/h6-8,11H,5H2,1-4H3,(H,15,18)(H2,16,17,19)/t11-/m1/s1. The van der Waals surface area contributed by atoms with Gasteiger partial charge >= 0.3 is 0 Å². The van der Waals surface area contributed by atoms with Crippen LogP contribution in [-0.2, 0) is 4.79 Å². The van der Waals surface area contributed by atoms with Gasteiger partial charge in [-0.25, -0.2) is 0 Å². The van der Waals surface area contributed by atoms with Gasteiger partial charge in [0.05, 0.1) is 0 Å². The van der Waals surface area contributed by atoms with Crippen LogP contribution >= 0.6 is 12.2 Å². The highest BCUT2D eigenvalue weighted by Gasteiger charge is 2.12. The van der Waals surface area contributed by atoms with Gasteiger partial charge in [0.15, 0.2) is 5.11 Å². The third-order valence-corrected chi connectivity index (χ3v) is 2.79. The summed E-state index contributed by atoms with van der Waals surface area (Å²) in [6, 6.07) is 5.76. The first-order valence-electron chi connectivity index (χ1n) is 6.36. The van der Waals surface area contributed by atoms with E-state index in [1.807, 2.05) is 32.9 Å². The van der Waals surface area contributed by atoms with E-state index in [0.29, 0.717) is 11.7 Å². The van der Waals surface area contributed by atoms with Crippen LogP contribution in [0.2, 0.25) is 0 Å². The first-order valence-corrected chi connectivity index (χ1v) is 6.76. The predicted molar refractivity (Wildman–Crippen MR) is 83.4 cm³/mol. The monoisotopic (exact) mass is 279 g/mol. The summed E-state index contributed by atoms with van der Waals surface area (Å²) in [6.45, 7) is 8.34. The Hall–Kier alpha value is -1.62. The lowest BCUT2D eigenvalue weighted by Gasteiger charge is -2.16. The van der Waals surface area contributed by atoms with Crippen LogP contribution in [0.25, 0.3) is 0 Å². The number of carbonyl (C=O) groups is 1. The first-order chi connectivity index (χ1) is 8.92. The van der Waals surface area contributed by atoms with Gasteiger partial charge < -0.3 is 16.0 Å². The average molecular weight is 279 g/mol. The number of thiocarbonyl (C=S) groups is 1. The van der Waals surface area contributed by atoms with E-state index in [0.717, 1.165) is 5.69 Å². The number of benzene rings is 1. The molecule has 0 aliphatic rings. The van der Waals surface area contributed by atoms with Crippen molar-refractivity contribution in [2.75, 3.05) is 11.9 Å². The predicted octanol–water partition coefficient (Wildman–Crippen LogP) is 2.11. The Morgan fingerprint density at radius 3 is 2.37 bits per heavy atom. The maximum Gasteiger partial charge on any atom is 0.242 e. The minimum Gasteiger partial charge on any atom is -0.355 e. The van der Waals surface area contributed by atoms with Crippen LogP contribution in [0, 0.1) is 13.8 Å². The molecule has 0 bridgehead atoms. The van der Waals surface area contributed by atoms with Crippen LogP contribution in [0.3, 0.4) is 0 Å². The molecule has 5 heteroatoms. The third kappa shape index (κ3) is 5.26. The summed E-state index contributed by atoms with van der Waals surface area (Å²) in [5.74, 6) is -0.0629. The smallest absolute Gasteiger partial charge is 0.242 e. The van der Waals surface area contributed by atoms with Crippen LogP contribution < -0.4 is 16.0 Å². The van der Waals surface area contributed by atoms with E-state index in [4.69, 9.17) is 12.2 Å². The zero-order valence-electron chi connectivity index (χ0n) is 11.8. The molecule has 19 heavy (non-hydrogen) atoms. The molecular formula is C14H21N3OS. The molecule has 0 heterocycles. The summed E-state index contributed by atoms with van der Waals surface area (Å²) >= 11 is 5.20. The molecule has 0 fully saturated rings. The van der Waals surface area contributed by atoms with Gasteiger partial charge in [0, 0.05) is 12.2 Å². The Kier molecular flexibility index (Phi) is 5.76. The molecule has 1 aromatic carbocycles. The number of amides is 1. The zero-order valence-corrected chi connectivity index (χ0v) is 12.6. The van der Waals surface area contributed by atoms with E-state index in [-0.39, 0.29) is 11.9 Å². The minimum absolute atomic E-state index is 0.0629. The summed E-state index contributed by atoms with van der Waals surface area (Å²) in [6.07, 6.45) is 0. The first kappa shape index (κ1) is 15.4. The van der Waals surface area contributed by atoms with Crippen LogP contribution in [0.15, 0.2) is 18.2 Å². The van der Waals surface area contributed by atoms with Crippen molar-refractivity contribution in [1.82, 2.24) is 10.6 Å². The van der Waals surface area contributed by atoms with E-state index in [1.54, 1.807) is 6.92 Å². The van der Waals surface area contributed by atoms with Crippen LogP contribution in [0.5, 0.6) is 0 Å². The van der Waals surface area contributed by atoms with Crippen molar-refractivity contribution in [3.05, 3.63) is 29.3 Å². The molecule has 0 aliphatic carbocycles. The summed E-state index contributed by atoms with van der Waals surface area (Å²) < 4.78 is 0. The lowest BCUT2D eigenvalue weighted by atomic mass is 10.1. The van der Waals surface area contributed by atoms with Gasteiger partial charge in [0.2, 0.25) is 5.91 Å². The molecule has 0 saturated carbocycles. The van der Waals surface area contributed by atoms with Crippen molar-refractivity contribution in [2.45, 2.75) is 33.7 Å². The van der Waals surface area contributed by atoms with Crippen molar-refractivity contribution in [3.8, 4) is 0 Å². The fourth-order valence-corrected chi connectivity index (χ4v) is 2.10. The van der Waals surface area contributed by atoms with Gasteiger partial charge in [-0.2, -0.15) is 0 Å². The third-order valence-electron chi connectivity index (χ3n) is 2.57. The van der Waals surface area contributed by atoms with Crippen molar-refractivity contribution >= 4 is 28.9 Å². The number of anilines is 1. The fourth-order valence-electron chi connectivity index (χ4n) is 1.80. The average Bonchev–Trinajstić information content (AvgIpc) is 2.27. The molecule has 1 atom stereocenters. The second kappa shape index (κ2) is 7.09. The highest BCUT2D eigenvalue weighted by atomic mass is 32.1. The van der Waals surface area contributed by atoms with Crippen molar-refractivity contribution < 1.29 is 4.79 Å².